The van der Waals surface area contributed by atoms with E-state index in [2.05, 4.69) is 4.98 Å². The van der Waals surface area contributed by atoms with E-state index in [0.29, 0.717) is 0 Å². The third-order valence-electron chi connectivity index (χ3n) is 2.43. The number of benzene rings is 1. The van der Waals surface area contributed by atoms with Crippen molar-refractivity contribution in [3.05, 3.63) is 48.2 Å². The molecular formula is C16H17NO2. The molecule has 98 valence electrons. The van der Waals surface area contributed by atoms with Gasteiger partial charge in [0.05, 0.1) is 5.52 Å². The fraction of sp³-hybridized carbons (Fsp3) is 0.250. The summed E-state index contributed by atoms with van der Waals surface area (Å²) in [6, 6.07) is 9.85. The van der Waals surface area contributed by atoms with E-state index in [1.54, 1.807) is 12.3 Å². The van der Waals surface area contributed by atoms with E-state index in [0.717, 1.165) is 16.5 Å². The van der Waals surface area contributed by atoms with Crippen LogP contribution in [0.25, 0.3) is 17.0 Å². The summed E-state index contributed by atoms with van der Waals surface area (Å²) in [6.07, 6.45) is 4.88. The molecule has 0 atom stereocenters. The Kier molecular flexibility index (Phi) is 3.65. The van der Waals surface area contributed by atoms with E-state index < -0.39 is 5.60 Å². The molecular weight excluding hydrogens is 238 g/mol. The predicted molar refractivity (Wildman–Crippen MR) is 76.6 cm³/mol. The molecule has 0 saturated heterocycles. The molecule has 0 aliphatic heterocycles. The number of hydrogen-bond acceptors (Lipinski definition) is 3. The van der Waals surface area contributed by atoms with Crippen LogP contribution in [-0.4, -0.2) is 16.6 Å². The monoisotopic (exact) mass is 255 g/mol. The van der Waals surface area contributed by atoms with Gasteiger partial charge in [-0.3, -0.25) is 4.98 Å². The van der Waals surface area contributed by atoms with Gasteiger partial charge in [0.2, 0.25) is 0 Å². The average molecular weight is 255 g/mol. The minimum absolute atomic E-state index is 0.347. The number of hydrogen-bond donors (Lipinski definition) is 0. The largest absolute Gasteiger partial charge is 0.457 e. The van der Waals surface area contributed by atoms with Crippen LogP contribution in [0.1, 0.15) is 26.3 Å². The van der Waals surface area contributed by atoms with Gasteiger partial charge in [-0.15, -0.1) is 0 Å². The number of para-hydroxylation sites is 1. The molecule has 0 bridgehead atoms. The molecule has 2 rings (SSSR count). The molecule has 2 aromatic rings. The van der Waals surface area contributed by atoms with Crippen molar-refractivity contribution in [1.29, 1.82) is 0 Å². The summed E-state index contributed by atoms with van der Waals surface area (Å²) in [7, 11) is 0. The number of nitrogens with zero attached hydrogens (tertiary/aromatic N) is 1. The van der Waals surface area contributed by atoms with E-state index in [1.807, 2.05) is 51.1 Å². The lowest BCUT2D eigenvalue weighted by atomic mass is 10.1. The Bertz CT molecular complexity index is 624. The van der Waals surface area contributed by atoms with Gasteiger partial charge in [0, 0.05) is 17.7 Å². The maximum absolute atomic E-state index is 11.6. The molecule has 0 fully saturated rings. The molecule has 0 aliphatic carbocycles. The van der Waals surface area contributed by atoms with E-state index >= 15 is 0 Å². The molecule has 0 saturated carbocycles. The van der Waals surface area contributed by atoms with Crippen molar-refractivity contribution in [2.24, 2.45) is 0 Å². The highest BCUT2D eigenvalue weighted by Gasteiger charge is 2.13. The molecule has 0 amide bonds. The van der Waals surface area contributed by atoms with Gasteiger partial charge in [0.15, 0.2) is 0 Å². The molecule has 0 unspecified atom stereocenters. The van der Waals surface area contributed by atoms with Crippen molar-refractivity contribution in [1.82, 2.24) is 4.98 Å². The molecule has 3 nitrogen and oxygen atoms in total. The summed E-state index contributed by atoms with van der Waals surface area (Å²) < 4.78 is 5.20. The highest BCUT2D eigenvalue weighted by atomic mass is 16.6. The first kappa shape index (κ1) is 13.3. The number of ether oxygens (including phenoxy) is 1. The van der Waals surface area contributed by atoms with E-state index in [-0.39, 0.29) is 5.97 Å². The second-order valence-electron chi connectivity index (χ2n) is 5.33. The van der Waals surface area contributed by atoms with Crippen molar-refractivity contribution < 1.29 is 9.53 Å². The van der Waals surface area contributed by atoms with Crippen LogP contribution in [-0.2, 0) is 9.53 Å². The first-order valence-corrected chi connectivity index (χ1v) is 6.20. The number of carbonyl (C=O) groups is 1. The summed E-state index contributed by atoms with van der Waals surface area (Å²) in [6.45, 7) is 5.53. The van der Waals surface area contributed by atoms with Gasteiger partial charge < -0.3 is 4.74 Å². The topological polar surface area (TPSA) is 39.2 Å². The highest BCUT2D eigenvalue weighted by molar-refractivity contribution is 5.88. The minimum Gasteiger partial charge on any atom is -0.457 e. The Labute approximate surface area is 112 Å². The van der Waals surface area contributed by atoms with Crippen molar-refractivity contribution in [2.75, 3.05) is 0 Å². The van der Waals surface area contributed by atoms with Gasteiger partial charge in [-0.2, -0.15) is 0 Å². The first-order chi connectivity index (χ1) is 8.94. The SMILES string of the molecule is CC(C)(C)OC(=O)C=Cc1cnc2ccccc2c1. The van der Waals surface area contributed by atoms with E-state index in [9.17, 15) is 4.79 Å². The normalized spacial score (nSPS) is 11.9. The fourth-order valence-electron chi connectivity index (χ4n) is 1.68. The zero-order chi connectivity index (χ0) is 13.9. The van der Waals surface area contributed by atoms with Crippen LogP contribution in [0, 0.1) is 0 Å². The Morgan fingerprint density at radius 3 is 2.74 bits per heavy atom. The van der Waals surface area contributed by atoms with Crippen molar-refractivity contribution in [2.45, 2.75) is 26.4 Å². The predicted octanol–water partition coefficient (Wildman–Crippen LogP) is 3.59. The van der Waals surface area contributed by atoms with Crippen molar-refractivity contribution in [3.63, 3.8) is 0 Å². The van der Waals surface area contributed by atoms with E-state index in [4.69, 9.17) is 4.74 Å². The van der Waals surface area contributed by atoms with Gasteiger partial charge in [0.1, 0.15) is 5.60 Å². The molecule has 3 heteroatoms. The fourth-order valence-corrected chi connectivity index (χ4v) is 1.68. The zero-order valence-corrected chi connectivity index (χ0v) is 11.4. The quantitative estimate of drug-likeness (QED) is 0.608. The van der Waals surface area contributed by atoms with E-state index in [1.165, 1.54) is 6.08 Å². The molecule has 1 heterocycles. The Morgan fingerprint density at radius 2 is 2.00 bits per heavy atom. The van der Waals surface area contributed by atoms with Crippen molar-refractivity contribution in [3.8, 4) is 0 Å². The van der Waals surface area contributed by atoms with Crippen LogP contribution in [0.2, 0.25) is 0 Å². The summed E-state index contributed by atoms with van der Waals surface area (Å²) >= 11 is 0. The Hall–Kier alpha value is -2.16. The molecule has 19 heavy (non-hydrogen) atoms. The standard InChI is InChI=1S/C16H17NO2/c1-16(2,3)19-15(18)9-8-12-10-13-6-4-5-7-14(13)17-11-12/h4-11H,1-3H3. The lowest BCUT2D eigenvalue weighted by Crippen LogP contribution is -2.22. The Balaban J connectivity index is 2.15. The molecule has 0 radical (unpaired) electrons. The van der Waals surface area contributed by atoms with Crippen LogP contribution < -0.4 is 0 Å². The third-order valence-corrected chi connectivity index (χ3v) is 2.43. The summed E-state index contributed by atoms with van der Waals surface area (Å²) in [4.78, 5) is 15.9. The van der Waals surface area contributed by atoms with Crippen LogP contribution >= 0.6 is 0 Å². The second-order valence-corrected chi connectivity index (χ2v) is 5.33. The number of rotatable bonds is 2. The van der Waals surface area contributed by atoms with Gasteiger partial charge in [-0.1, -0.05) is 18.2 Å². The van der Waals surface area contributed by atoms with Gasteiger partial charge >= 0.3 is 5.97 Å². The minimum atomic E-state index is -0.469. The first-order valence-electron chi connectivity index (χ1n) is 6.20. The smallest absolute Gasteiger partial charge is 0.331 e. The number of carbonyl (C=O) groups excluding carboxylic acids is 1. The molecule has 1 aromatic heterocycles. The maximum atomic E-state index is 11.6. The second kappa shape index (κ2) is 5.22. The van der Waals surface area contributed by atoms with Crippen LogP contribution in [0.4, 0.5) is 0 Å². The molecule has 0 aliphatic rings. The Morgan fingerprint density at radius 1 is 1.26 bits per heavy atom. The lowest BCUT2D eigenvalue weighted by Gasteiger charge is -2.17. The number of pyridine rings is 1. The number of aromatic nitrogens is 1. The number of fused-ring (bicyclic) bond motifs is 1. The maximum Gasteiger partial charge on any atom is 0.331 e. The van der Waals surface area contributed by atoms with Gasteiger partial charge in [-0.05, 0) is 44.5 Å². The zero-order valence-electron chi connectivity index (χ0n) is 11.4. The summed E-state index contributed by atoms with van der Waals surface area (Å²) in [5.74, 6) is -0.347. The third kappa shape index (κ3) is 3.91. The molecule has 0 N–H and O–H groups in total. The molecule has 0 spiro atoms. The highest BCUT2D eigenvalue weighted by Crippen LogP contribution is 2.14. The van der Waals surface area contributed by atoms with Crippen LogP contribution in [0.15, 0.2) is 42.6 Å². The van der Waals surface area contributed by atoms with Crippen LogP contribution in [0.5, 0.6) is 0 Å². The van der Waals surface area contributed by atoms with Crippen molar-refractivity contribution >= 4 is 22.9 Å². The number of esters is 1. The van der Waals surface area contributed by atoms with Gasteiger partial charge in [-0.25, -0.2) is 4.79 Å². The lowest BCUT2D eigenvalue weighted by molar-refractivity contribution is -0.148. The average Bonchev–Trinajstić information content (AvgIpc) is 2.34. The van der Waals surface area contributed by atoms with Crippen LogP contribution in [0.3, 0.4) is 0 Å². The summed E-state index contributed by atoms with van der Waals surface area (Å²) in [5.41, 5.74) is 1.35. The van der Waals surface area contributed by atoms with Gasteiger partial charge in [0.25, 0.3) is 0 Å². The summed E-state index contributed by atoms with van der Waals surface area (Å²) in [5, 5.41) is 1.05. The molecule has 1 aromatic carbocycles.